The van der Waals surface area contributed by atoms with Crippen LogP contribution in [0.15, 0.2) is 109 Å². The van der Waals surface area contributed by atoms with Gasteiger partial charge in [-0.05, 0) is 109 Å². The topological polar surface area (TPSA) is 78.9 Å². The van der Waals surface area contributed by atoms with Crippen LogP contribution in [0.2, 0.25) is 0 Å². The molecular weight excluding hydrogens is 985 g/mol. The lowest BCUT2D eigenvalue weighted by Crippen LogP contribution is -2.30. The van der Waals surface area contributed by atoms with Crippen LogP contribution in [-0.2, 0) is 28.6 Å². The van der Waals surface area contributed by atoms with Crippen LogP contribution in [0.25, 0.3) is 0 Å². The van der Waals surface area contributed by atoms with E-state index in [1.165, 1.54) is 173 Å². The van der Waals surface area contributed by atoms with Crippen LogP contribution in [0.4, 0.5) is 0 Å². The van der Waals surface area contributed by atoms with Crippen molar-refractivity contribution in [2.24, 2.45) is 0 Å². The number of allylic oxidation sites excluding steroid dienone is 18. The van der Waals surface area contributed by atoms with E-state index in [2.05, 4.69) is 130 Å². The van der Waals surface area contributed by atoms with Gasteiger partial charge in [0.1, 0.15) is 13.2 Å². The molecule has 0 aromatic carbocycles. The third kappa shape index (κ3) is 64.9. The van der Waals surface area contributed by atoms with Gasteiger partial charge in [0.2, 0.25) is 0 Å². The second kappa shape index (κ2) is 67.6. The van der Waals surface area contributed by atoms with Gasteiger partial charge >= 0.3 is 17.9 Å². The molecule has 0 saturated carbocycles. The maximum Gasteiger partial charge on any atom is 0.306 e. The lowest BCUT2D eigenvalue weighted by molar-refractivity contribution is -0.167. The van der Waals surface area contributed by atoms with Crippen LogP contribution in [-0.4, -0.2) is 37.2 Å². The van der Waals surface area contributed by atoms with E-state index in [0.29, 0.717) is 19.3 Å². The first-order valence-electron chi connectivity index (χ1n) is 33.9. The summed E-state index contributed by atoms with van der Waals surface area (Å²) in [5.74, 6) is -0.925. The minimum Gasteiger partial charge on any atom is -0.462 e. The van der Waals surface area contributed by atoms with Gasteiger partial charge in [-0.2, -0.15) is 0 Å². The van der Waals surface area contributed by atoms with Crippen LogP contribution in [0.5, 0.6) is 0 Å². The number of ether oxygens (including phenoxy) is 3. The SMILES string of the molecule is CC/C=C\C/C=C\C/C=C\C/C=C\C/C=C\C/C=C\C/C=C\C/C=C\CCCCC(=O)OCC(COC(=O)CCCCCCCCCCCCCCCCCC)OC(=O)CCCCCCCCCCC/C=C\CCCCCCCC. The minimum atomic E-state index is -0.799. The van der Waals surface area contributed by atoms with Crippen LogP contribution < -0.4 is 0 Å². The number of hydrogen-bond donors (Lipinski definition) is 0. The molecule has 6 heteroatoms. The van der Waals surface area contributed by atoms with Crippen LogP contribution in [0.3, 0.4) is 0 Å². The molecular formula is C74H126O6. The molecule has 0 heterocycles. The van der Waals surface area contributed by atoms with E-state index in [-0.39, 0.29) is 31.1 Å². The predicted octanol–water partition coefficient (Wildman–Crippen LogP) is 23.4. The lowest BCUT2D eigenvalue weighted by atomic mass is 10.0. The van der Waals surface area contributed by atoms with Crippen molar-refractivity contribution >= 4 is 17.9 Å². The summed E-state index contributed by atoms with van der Waals surface area (Å²) in [4.78, 5) is 38.4. The third-order valence-electron chi connectivity index (χ3n) is 14.5. The Morgan fingerprint density at radius 1 is 0.263 bits per heavy atom. The number of hydrogen-bond acceptors (Lipinski definition) is 6. The van der Waals surface area contributed by atoms with Crippen molar-refractivity contribution < 1.29 is 28.6 Å². The van der Waals surface area contributed by atoms with Gasteiger partial charge in [-0.3, -0.25) is 14.4 Å². The predicted molar refractivity (Wildman–Crippen MR) is 348 cm³/mol. The fourth-order valence-electron chi connectivity index (χ4n) is 9.45. The number of carbonyl (C=O) groups is 3. The molecule has 0 saturated heterocycles. The smallest absolute Gasteiger partial charge is 0.306 e. The normalized spacial score (nSPS) is 12.8. The van der Waals surface area contributed by atoms with E-state index in [4.69, 9.17) is 14.2 Å². The van der Waals surface area contributed by atoms with Crippen LogP contribution >= 0.6 is 0 Å². The van der Waals surface area contributed by atoms with E-state index >= 15 is 0 Å². The van der Waals surface area contributed by atoms with Crippen LogP contribution in [0, 0.1) is 0 Å². The Balaban J connectivity index is 4.44. The molecule has 0 aliphatic rings. The van der Waals surface area contributed by atoms with Gasteiger partial charge in [0.05, 0.1) is 0 Å². The summed E-state index contributed by atoms with van der Waals surface area (Å²) in [6, 6.07) is 0. The van der Waals surface area contributed by atoms with E-state index in [0.717, 1.165) is 109 Å². The van der Waals surface area contributed by atoms with Crippen molar-refractivity contribution in [1.82, 2.24) is 0 Å². The maximum absolute atomic E-state index is 12.9. The fourth-order valence-corrected chi connectivity index (χ4v) is 9.45. The van der Waals surface area contributed by atoms with Gasteiger partial charge in [0, 0.05) is 19.3 Å². The number of carbonyl (C=O) groups excluding carboxylic acids is 3. The van der Waals surface area contributed by atoms with Gasteiger partial charge in [0.25, 0.3) is 0 Å². The van der Waals surface area contributed by atoms with Crippen molar-refractivity contribution in [3.63, 3.8) is 0 Å². The van der Waals surface area contributed by atoms with E-state index in [1.54, 1.807) is 0 Å². The number of unbranched alkanes of at least 4 members (excludes halogenated alkanes) is 32. The average molecular weight is 1110 g/mol. The highest BCUT2D eigenvalue weighted by Crippen LogP contribution is 2.17. The molecule has 458 valence electrons. The molecule has 0 spiro atoms. The number of esters is 3. The van der Waals surface area contributed by atoms with Crippen molar-refractivity contribution in [2.45, 2.75) is 329 Å². The van der Waals surface area contributed by atoms with Crippen molar-refractivity contribution in [2.75, 3.05) is 13.2 Å². The molecule has 0 rings (SSSR count). The molecule has 0 aromatic heterocycles. The van der Waals surface area contributed by atoms with Crippen molar-refractivity contribution in [3.8, 4) is 0 Å². The molecule has 80 heavy (non-hydrogen) atoms. The molecule has 0 aliphatic carbocycles. The zero-order valence-electron chi connectivity index (χ0n) is 52.6. The summed E-state index contributed by atoms with van der Waals surface area (Å²) in [6.07, 6.45) is 92.4. The van der Waals surface area contributed by atoms with Gasteiger partial charge in [0.15, 0.2) is 6.10 Å². The highest BCUT2D eigenvalue weighted by Gasteiger charge is 2.19. The first-order valence-corrected chi connectivity index (χ1v) is 33.9. The van der Waals surface area contributed by atoms with E-state index in [9.17, 15) is 14.4 Å². The monoisotopic (exact) mass is 1110 g/mol. The molecule has 0 radical (unpaired) electrons. The minimum absolute atomic E-state index is 0.0905. The Labute approximate surface area is 495 Å². The molecule has 0 bridgehead atoms. The summed E-state index contributed by atoms with van der Waals surface area (Å²) in [6.45, 7) is 6.52. The lowest BCUT2D eigenvalue weighted by Gasteiger charge is -2.18. The molecule has 6 nitrogen and oxygen atoms in total. The Morgan fingerprint density at radius 2 is 0.487 bits per heavy atom. The second-order valence-electron chi connectivity index (χ2n) is 22.4. The Morgan fingerprint density at radius 3 is 0.800 bits per heavy atom. The third-order valence-corrected chi connectivity index (χ3v) is 14.5. The zero-order valence-corrected chi connectivity index (χ0v) is 52.6. The Kier molecular flexibility index (Phi) is 64.3. The fraction of sp³-hybridized carbons (Fsp3) is 0.716. The van der Waals surface area contributed by atoms with Gasteiger partial charge < -0.3 is 14.2 Å². The van der Waals surface area contributed by atoms with Gasteiger partial charge in [-0.15, -0.1) is 0 Å². The summed E-state index contributed by atoms with van der Waals surface area (Å²) in [5.41, 5.74) is 0. The standard InChI is InChI=1S/C74H126O6/c1-4-7-10-13-16-19-22-25-28-31-33-34-35-36-37-38-39-40-42-43-46-49-52-55-58-61-64-67-73(76)79-70-71(69-78-72(75)66-63-60-57-54-51-48-45-30-27-24-21-18-15-12-9-6-3)80-74(77)68-65-62-59-56-53-50-47-44-41-32-29-26-23-20-17-14-11-8-5-2/h7,10,16,19,25-26,28-29,33-34,36-37,39-40,43,46,52,55,71H,4-6,8-9,11-15,17-18,20-24,27,30-32,35,38,41-42,44-45,47-51,53-54,56-70H2,1-3H3/b10-7-,19-16-,28-25-,29-26-,34-33-,37-36-,40-39-,46-43-,55-52-. The molecule has 0 amide bonds. The second-order valence-corrected chi connectivity index (χ2v) is 22.4. The molecule has 0 N–H and O–H groups in total. The first-order chi connectivity index (χ1) is 39.5. The van der Waals surface area contributed by atoms with Gasteiger partial charge in [-0.25, -0.2) is 0 Å². The Hall–Kier alpha value is -3.93. The molecule has 1 atom stereocenters. The first kappa shape index (κ1) is 76.1. The number of rotatable bonds is 61. The molecule has 0 fully saturated rings. The average Bonchev–Trinajstić information content (AvgIpc) is 3.46. The largest absolute Gasteiger partial charge is 0.462 e. The highest BCUT2D eigenvalue weighted by atomic mass is 16.6. The maximum atomic E-state index is 12.9. The summed E-state index contributed by atoms with van der Waals surface area (Å²) in [5, 5.41) is 0. The van der Waals surface area contributed by atoms with Gasteiger partial charge in [-0.1, -0.05) is 304 Å². The van der Waals surface area contributed by atoms with E-state index in [1.807, 2.05) is 0 Å². The summed E-state index contributed by atoms with van der Waals surface area (Å²) >= 11 is 0. The molecule has 0 aromatic rings. The summed E-state index contributed by atoms with van der Waals surface area (Å²) < 4.78 is 16.9. The Bertz CT molecular complexity index is 1610. The molecule has 1 unspecified atom stereocenters. The van der Waals surface area contributed by atoms with E-state index < -0.39 is 6.10 Å². The summed E-state index contributed by atoms with van der Waals surface area (Å²) in [7, 11) is 0. The highest BCUT2D eigenvalue weighted by molar-refractivity contribution is 5.71. The quantitative estimate of drug-likeness (QED) is 0.0261. The molecule has 0 aliphatic heterocycles. The van der Waals surface area contributed by atoms with Crippen LogP contribution in [0.1, 0.15) is 323 Å². The van der Waals surface area contributed by atoms with Crippen molar-refractivity contribution in [3.05, 3.63) is 109 Å². The zero-order chi connectivity index (χ0) is 57.8. The van der Waals surface area contributed by atoms with Crippen molar-refractivity contribution in [1.29, 1.82) is 0 Å².